The van der Waals surface area contributed by atoms with E-state index in [1.54, 1.807) is 6.07 Å². The van der Waals surface area contributed by atoms with Crippen molar-refractivity contribution in [1.29, 1.82) is 0 Å². The van der Waals surface area contributed by atoms with Gasteiger partial charge in [0.1, 0.15) is 5.82 Å². The van der Waals surface area contributed by atoms with Gasteiger partial charge in [0, 0.05) is 11.1 Å². The Kier molecular flexibility index (Phi) is 3.36. The highest BCUT2D eigenvalue weighted by molar-refractivity contribution is 9.10. The molecule has 0 unspecified atom stereocenters. The highest BCUT2D eigenvalue weighted by Crippen LogP contribution is 2.39. The molecular weight excluding hydrogens is 269 g/mol. The Morgan fingerprint density at radius 1 is 1.38 bits per heavy atom. The van der Waals surface area contributed by atoms with Gasteiger partial charge in [-0.05, 0) is 53.6 Å². The molecule has 88 valence electrons. The molecule has 0 aromatic heterocycles. The van der Waals surface area contributed by atoms with Gasteiger partial charge >= 0.3 is 0 Å². The van der Waals surface area contributed by atoms with Crippen molar-refractivity contribution < 1.29 is 4.39 Å². The monoisotopic (exact) mass is 285 g/mol. The van der Waals surface area contributed by atoms with Gasteiger partial charge in [-0.2, -0.15) is 0 Å². The van der Waals surface area contributed by atoms with E-state index in [4.69, 9.17) is 5.73 Å². The van der Waals surface area contributed by atoms with Crippen molar-refractivity contribution >= 4 is 15.9 Å². The normalized spacial score (nSPS) is 30.4. The lowest BCUT2D eigenvalue weighted by atomic mass is 9.74. The van der Waals surface area contributed by atoms with Crippen LogP contribution in [-0.4, -0.2) is 0 Å². The predicted molar refractivity (Wildman–Crippen MR) is 67.6 cm³/mol. The number of hydrogen-bond acceptors (Lipinski definition) is 1. The standard InChI is InChI=1S/C13H17BrFN/c1-9-5-7-13(16,8-6-9)10-3-2-4-11(14)12(10)15/h2-4,9H,5-8,16H2,1H3. The zero-order chi connectivity index (χ0) is 11.8. The summed E-state index contributed by atoms with van der Waals surface area (Å²) in [7, 11) is 0. The minimum atomic E-state index is -0.472. The number of nitrogens with two attached hydrogens (primary N) is 1. The Balaban J connectivity index is 2.32. The molecular formula is C13H17BrFN. The van der Waals surface area contributed by atoms with Crippen molar-refractivity contribution in [3.05, 3.63) is 34.1 Å². The molecule has 0 heterocycles. The van der Waals surface area contributed by atoms with E-state index in [0.29, 0.717) is 16.0 Å². The Hall–Kier alpha value is -0.410. The third kappa shape index (κ3) is 2.16. The van der Waals surface area contributed by atoms with Gasteiger partial charge in [-0.3, -0.25) is 0 Å². The zero-order valence-corrected chi connectivity index (χ0v) is 11.1. The van der Waals surface area contributed by atoms with Crippen LogP contribution in [0.4, 0.5) is 4.39 Å². The van der Waals surface area contributed by atoms with Gasteiger partial charge in [-0.15, -0.1) is 0 Å². The molecule has 1 aromatic rings. The molecule has 0 saturated heterocycles. The fourth-order valence-corrected chi connectivity index (χ4v) is 2.80. The molecule has 0 bridgehead atoms. The van der Waals surface area contributed by atoms with Crippen molar-refractivity contribution in [2.45, 2.75) is 38.1 Å². The van der Waals surface area contributed by atoms with Crippen LogP contribution in [0.2, 0.25) is 0 Å². The van der Waals surface area contributed by atoms with Crippen molar-refractivity contribution in [2.24, 2.45) is 11.7 Å². The molecule has 1 aliphatic carbocycles. The number of hydrogen-bond donors (Lipinski definition) is 1. The summed E-state index contributed by atoms with van der Waals surface area (Å²) >= 11 is 3.22. The molecule has 0 amide bonds. The lowest BCUT2D eigenvalue weighted by Gasteiger charge is -2.36. The largest absolute Gasteiger partial charge is 0.321 e. The first-order valence-electron chi connectivity index (χ1n) is 5.76. The molecule has 0 radical (unpaired) electrons. The molecule has 1 aromatic carbocycles. The summed E-state index contributed by atoms with van der Waals surface area (Å²) < 4.78 is 14.5. The second-order valence-electron chi connectivity index (χ2n) is 4.94. The van der Waals surface area contributed by atoms with Gasteiger partial charge in [0.25, 0.3) is 0 Å². The molecule has 1 saturated carbocycles. The van der Waals surface area contributed by atoms with Gasteiger partial charge in [0.15, 0.2) is 0 Å². The molecule has 0 spiro atoms. The van der Waals surface area contributed by atoms with Crippen LogP contribution in [0.15, 0.2) is 22.7 Å². The first kappa shape index (κ1) is 12.1. The van der Waals surface area contributed by atoms with Crippen LogP contribution in [-0.2, 0) is 5.54 Å². The van der Waals surface area contributed by atoms with Crippen LogP contribution in [0.1, 0.15) is 38.2 Å². The average Bonchev–Trinajstić information content (AvgIpc) is 2.27. The van der Waals surface area contributed by atoms with Gasteiger partial charge in [-0.25, -0.2) is 4.39 Å². The molecule has 2 N–H and O–H groups in total. The molecule has 1 fully saturated rings. The van der Waals surface area contributed by atoms with Crippen molar-refractivity contribution in [2.75, 3.05) is 0 Å². The van der Waals surface area contributed by atoms with Gasteiger partial charge in [-0.1, -0.05) is 19.1 Å². The van der Waals surface area contributed by atoms with Crippen LogP contribution in [0.25, 0.3) is 0 Å². The maximum atomic E-state index is 14.0. The Morgan fingerprint density at radius 2 is 2.00 bits per heavy atom. The van der Waals surface area contributed by atoms with Crippen LogP contribution in [0, 0.1) is 11.7 Å². The SMILES string of the molecule is CC1CCC(N)(c2cccc(Br)c2F)CC1. The number of halogens is 2. The Bertz CT molecular complexity index is 384. The second-order valence-corrected chi connectivity index (χ2v) is 5.79. The van der Waals surface area contributed by atoms with Crippen LogP contribution in [0.5, 0.6) is 0 Å². The Labute approximate surface area is 104 Å². The molecule has 16 heavy (non-hydrogen) atoms. The van der Waals surface area contributed by atoms with E-state index in [0.717, 1.165) is 25.7 Å². The molecule has 1 nitrogen and oxygen atoms in total. The van der Waals surface area contributed by atoms with Crippen molar-refractivity contribution in [3.8, 4) is 0 Å². The average molecular weight is 286 g/mol. The molecule has 3 heteroatoms. The van der Waals surface area contributed by atoms with Crippen LogP contribution in [0.3, 0.4) is 0 Å². The topological polar surface area (TPSA) is 26.0 Å². The maximum Gasteiger partial charge on any atom is 0.142 e. The quantitative estimate of drug-likeness (QED) is 0.831. The number of rotatable bonds is 1. The van der Waals surface area contributed by atoms with E-state index < -0.39 is 5.54 Å². The highest BCUT2D eigenvalue weighted by Gasteiger charge is 2.34. The van der Waals surface area contributed by atoms with E-state index >= 15 is 0 Å². The van der Waals surface area contributed by atoms with Gasteiger partial charge < -0.3 is 5.73 Å². The summed E-state index contributed by atoms with van der Waals surface area (Å²) in [4.78, 5) is 0. The third-order valence-corrected chi connectivity index (χ3v) is 4.27. The van der Waals surface area contributed by atoms with E-state index in [-0.39, 0.29) is 5.82 Å². The Morgan fingerprint density at radius 3 is 2.62 bits per heavy atom. The smallest absolute Gasteiger partial charge is 0.142 e. The molecule has 2 rings (SSSR count). The fourth-order valence-electron chi connectivity index (χ4n) is 2.43. The first-order valence-corrected chi connectivity index (χ1v) is 6.55. The van der Waals surface area contributed by atoms with Crippen molar-refractivity contribution in [1.82, 2.24) is 0 Å². The summed E-state index contributed by atoms with van der Waals surface area (Å²) in [6, 6.07) is 5.39. The molecule has 0 atom stereocenters. The van der Waals surface area contributed by atoms with Gasteiger partial charge in [0.2, 0.25) is 0 Å². The highest BCUT2D eigenvalue weighted by atomic mass is 79.9. The zero-order valence-electron chi connectivity index (χ0n) is 9.47. The van der Waals surface area contributed by atoms with Crippen LogP contribution >= 0.6 is 15.9 Å². The van der Waals surface area contributed by atoms with Gasteiger partial charge in [0.05, 0.1) is 4.47 Å². The van der Waals surface area contributed by atoms with E-state index in [1.165, 1.54) is 0 Å². The third-order valence-electron chi connectivity index (χ3n) is 3.65. The van der Waals surface area contributed by atoms with E-state index in [9.17, 15) is 4.39 Å². The fraction of sp³-hybridized carbons (Fsp3) is 0.538. The maximum absolute atomic E-state index is 14.0. The molecule has 1 aliphatic rings. The van der Waals surface area contributed by atoms with E-state index in [2.05, 4.69) is 22.9 Å². The predicted octanol–water partition coefficient (Wildman–Crippen LogP) is 3.95. The summed E-state index contributed by atoms with van der Waals surface area (Å²) in [5.74, 6) is 0.520. The first-order chi connectivity index (χ1) is 7.53. The minimum absolute atomic E-state index is 0.195. The lowest BCUT2D eigenvalue weighted by molar-refractivity contribution is 0.241. The van der Waals surface area contributed by atoms with Crippen LogP contribution < -0.4 is 5.73 Å². The summed E-state index contributed by atoms with van der Waals surface area (Å²) in [5.41, 5.74) is 6.54. The van der Waals surface area contributed by atoms with Crippen molar-refractivity contribution in [3.63, 3.8) is 0 Å². The summed E-state index contributed by atoms with van der Waals surface area (Å²) in [6.45, 7) is 2.23. The second kappa shape index (κ2) is 4.46. The minimum Gasteiger partial charge on any atom is -0.321 e. The lowest BCUT2D eigenvalue weighted by Crippen LogP contribution is -2.41. The molecule has 0 aliphatic heterocycles. The number of benzene rings is 1. The summed E-state index contributed by atoms with van der Waals surface area (Å²) in [6.07, 6.45) is 3.92. The van der Waals surface area contributed by atoms with E-state index in [1.807, 2.05) is 12.1 Å². The summed E-state index contributed by atoms with van der Waals surface area (Å²) in [5, 5.41) is 0.